The molecule has 0 unspecified atom stereocenters. The molecule has 0 aliphatic carbocycles. The fourth-order valence-electron chi connectivity index (χ4n) is 4.56. The number of carbonyl (C=O) groups excluding carboxylic acids is 1. The summed E-state index contributed by atoms with van der Waals surface area (Å²) in [7, 11) is 0. The van der Waals surface area contributed by atoms with Gasteiger partial charge in [-0.1, -0.05) is 47.5 Å². The van der Waals surface area contributed by atoms with Gasteiger partial charge in [-0.15, -0.1) is 11.3 Å². The van der Waals surface area contributed by atoms with E-state index in [4.69, 9.17) is 23.2 Å². The number of aromatic nitrogens is 1. The lowest BCUT2D eigenvalue weighted by atomic mass is 10.2. The van der Waals surface area contributed by atoms with Gasteiger partial charge in [-0.25, -0.2) is 14.2 Å². The van der Waals surface area contributed by atoms with Crippen LogP contribution in [-0.4, -0.2) is 66.6 Å². The van der Waals surface area contributed by atoms with Gasteiger partial charge in [0.15, 0.2) is 4.47 Å². The summed E-state index contributed by atoms with van der Waals surface area (Å²) in [5.74, 6) is -0.301. The van der Waals surface area contributed by atoms with Crippen LogP contribution in [0.15, 0.2) is 54.7 Å². The van der Waals surface area contributed by atoms with Gasteiger partial charge in [0.05, 0.1) is 17.9 Å². The number of nitrogens with zero attached hydrogens (tertiary/aromatic N) is 5. The first-order valence-corrected chi connectivity index (χ1v) is 13.4. The van der Waals surface area contributed by atoms with Crippen molar-refractivity contribution in [2.75, 3.05) is 55.6 Å². The zero-order valence-corrected chi connectivity index (χ0v) is 21.9. The van der Waals surface area contributed by atoms with Crippen molar-refractivity contribution < 1.29 is 9.18 Å². The Morgan fingerprint density at radius 1 is 0.972 bits per heavy atom. The topological polar surface area (TPSA) is 42.9 Å². The highest BCUT2D eigenvalue weighted by molar-refractivity contribution is 7.15. The molecule has 2 fully saturated rings. The monoisotopic (exact) mass is 545 g/mol. The van der Waals surface area contributed by atoms with Gasteiger partial charge in [0.1, 0.15) is 5.82 Å². The Morgan fingerprint density at radius 2 is 1.75 bits per heavy atom. The SMILES string of the molecule is O=C1N(Cc2cnc(Cl)s2)CCN1c1ccc(F)cc1N1CCN(CC=Cc2ccc(Cl)cc2)CC1. The first-order chi connectivity index (χ1) is 17.5. The fourth-order valence-corrected chi connectivity index (χ4v) is 5.68. The van der Waals surface area contributed by atoms with E-state index in [0.29, 0.717) is 24.1 Å². The molecule has 2 amide bonds. The first-order valence-electron chi connectivity index (χ1n) is 11.8. The zero-order valence-electron chi connectivity index (χ0n) is 19.6. The first kappa shape index (κ1) is 25.0. The predicted molar refractivity (Wildman–Crippen MR) is 146 cm³/mol. The van der Waals surface area contributed by atoms with Gasteiger partial charge in [0.25, 0.3) is 0 Å². The third kappa shape index (κ3) is 5.83. The van der Waals surface area contributed by atoms with Gasteiger partial charge >= 0.3 is 6.03 Å². The average molecular weight is 546 g/mol. The third-order valence-electron chi connectivity index (χ3n) is 6.45. The summed E-state index contributed by atoms with van der Waals surface area (Å²) in [5, 5.41) is 0.730. The second-order valence-corrected chi connectivity index (χ2v) is 10.9. The Bertz CT molecular complexity index is 1240. The van der Waals surface area contributed by atoms with E-state index in [1.54, 1.807) is 28.1 Å². The number of urea groups is 1. The van der Waals surface area contributed by atoms with Crippen molar-refractivity contribution in [2.24, 2.45) is 0 Å². The number of benzene rings is 2. The maximum Gasteiger partial charge on any atom is 0.325 e. The van der Waals surface area contributed by atoms with Crippen LogP contribution in [0, 0.1) is 5.82 Å². The van der Waals surface area contributed by atoms with Crippen molar-refractivity contribution in [2.45, 2.75) is 6.54 Å². The van der Waals surface area contributed by atoms with Gasteiger partial charge in [-0.2, -0.15) is 0 Å². The van der Waals surface area contributed by atoms with Crippen molar-refractivity contribution in [3.8, 4) is 0 Å². The average Bonchev–Trinajstić information content (AvgIpc) is 3.46. The molecule has 10 heteroatoms. The molecule has 6 nitrogen and oxygen atoms in total. The van der Waals surface area contributed by atoms with Gasteiger partial charge in [-0.05, 0) is 35.9 Å². The number of hydrogen-bond donors (Lipinski definition) is 0. The van der Waals surface area contributed by atoms with Crippen LogP contribution in [0.25, 0.3) is 6.08 Å². The summed E-state index contributed by atoms with van der Waals surface area (Å²) in [5.41, 5.74) is 2.63. The summed E-state index contributed by atoms with van der Waals surface area (Å²) in [6.07, 6.45) is 5.95. The van der Waals surface area contributed by atoms with Crippen molar-refractivity contribution >= 4 is 58.0 Å². The van der Waals surface area contributed by atoms with Crippen molar-refractivity contribution in [1.82, 2.24) is 14.8 Å². The standard InChI is InChI=1S/C26H26Cl2FN5OS/c27-20-5-3-19(4-6-20)2-1-9-31-10-12-32(13-11-31)24-16-21(29)7-8-23(24)34-15-14-33(26(34)35)18-22-17-30-25(28)36-22/h1-8,16-17H,9-15,18H2. The lowest BCUT2D eigenvalue weighted by molar-refractivity contribution is 0.219. The van der Waals surface area contributed by atoms with Gasteiger partial charge in [0.2, 0.25) is 0 Å². The predicted octanol–water partition coefficient (Wildman–Crippen LogP) is 5.87. The number of hydrogen-bond acceptors (Lipinski definition) is 5. The summed E-state index contributed by atoms with van der Waals surface area (Å²) < 4.78 is 14.8. The highest BCUT2D eigenvalue weighted by Gasteiger charge is 2.32. The van der Waals surface area contributed by atoms with E-state index in [9.17, 15) is 9.18 Å². The number of thiazole rings is 1. The minimum Gasteiger partial charge on any atom is -0.367 e. The van der Waals surface area contributed by atoms with Gasteiger partial charge in [-0.3, -0.25) is 9.80 Å². The summed E-state index contributed by atoms with van der Waals surface area (Å²) >= 11 is 13.3. The number of rotatable bonds is 7. The van der Waals surface area contributed by atoms with E-state index in [-0.39, 0.29) is 11.8 Å². The Balaban J connectivity index is 1.22. The Hall–Kier alpha value is -2.65. The van der Waals surface area contributed by atoms with Crippen LogP contribution in [0.3, 0.4) is 0 Å². The molecular formula is C26H26Cl2FN5OS. The Labute approximate surface area is 224 Å². The molecule has 36 heavy (non-hydrogen) atoms. The molecule has 0 N–H and O–H groups in total. The quantitative estimate of drug-likeness (QED) is 0.372. The molecule has 3 heterocycles. The maximum atomic E-state index is 14.3. The van der Waals surface area contributed by atoms with Crippen LogP contribution in [0.4, 0.5) is 20.6 Å². The number of amides is 2. The normalized spacial score (nSPS) is 17.1. The van der Waals surface area contributed by atoms with Crippen LogP contribution in [-0.2, 0) is 6.54 Å². The van der Waals surface area contributed by atoms with Crippen molar-refractivity contribution in [3.63, 3.8) is 0 Å². The van der Waals surface area contributed by atoms with Crippen molar-refractivity contribution in [3.05, 3.63) is 80.5 Å². The van der Waals surface area contributed by atoms with Crippen LogP contribution in [0.5, 0.6) is 0 Å². The fraction of sp³-hybridized carbons (Fsp3) is 0.308. The van der Waals surface area contributed by atoms with Crippen LogP contribution >= 0.6 is 34.5 Å². The third-order valence-corrected chi connectivity index (χ3v) is 7.80. The number of piperazine rings is 1. The lowest BCUT2D eigenvalue weighted by Gasteiger charge is -2.37. The van der Waals surface area contributed by atoms with E-state index >= 15 is 0 Å². The molecule has 0 radical (unpaired) electrons. The highest BCUT2D eigenvalue weighted by Crippen LogP contribution is 2.34. The minimum absolute atomic E-state index is 0.0849. The maximum absolute atomic E-state index is 14.3. The molecular weight excluding hydrogens is 520 g/mol. The lowest BCUT2D eigenvalue weighted by Crippen LogP contribution is -2.47. The molecule has 2 aromatic carbocycles. The molecule has 2 aliphatic heterocycles. The van der Waals surface area contributed by atoms with E-state index < -0.39 is 0 Å². The summed E-state index contributed by atoms with van der Waals surface area (Å²) in [4.78, 5) is 26.3. The highest BCUT2D eigenvalue weighted by atomic mass is 35.5. The second kappa shape index (κ2) is 11.2. The van der Waals surface area contributed by atoms with Crippen molar-refractivity contribution in [1.29, 1.82) is 0 Å². The molecule has 0 spiro atoms. The number of carbonyl (C=O) groups is 1. The smallest absolute Gasteiger partial charge is 0.325 e. The number of anilines is 2. The molecule has 1 aromatic heterocycles. The molecule has 2 aliphatic rings. The van der Waals surface area contributed by atoms with Crippen LogP contribution in [0.2, 0.25) is 9.49 Å². The largest absolute Gasteiger partial charge is 0.367 e. The van der Waals surface area contributed by atoms with Gasteiger partial charge in [0, 0.05) is 61.9 Å². The van der Waals surface area contributed by atoms with E-state index in [1.807, 2.05) is 24.3 Å². The van der Waals surface area contributed by atoms with Crippen LogP contribution < -0.4 is 9.80 Å². The Morgan fingerprint density at radius 3 is 2.47 bits per heavy atom. The Kier molecular flexibility index (Phi) is 7.76. The summed E-state index contributed by atoms with van der Waals surface area (Å²) in [6, 6.07) is 12.4. The molecule has 3 aromatic rings. The van der Waals surface area contributed by atoms with Crippen LogP contribution in [0.1, 0.15) is 10.4 Å². The van der Waals surface area contributed by atoms with Gasteiger partial charge < -0.3 is 9.80 Å². The zero-order chi connectivity index (χ0) is 25.1. The molecule has 0 saturated carbocycles. The minimum atomic E-state index is -0.301. The molecule has 188 valence electrons. The molecule has 0 atom stereocenters. The van der Waals surface area contributed by atoms with E-state index in [0.717, 1.165) is 59.6 Å². The summed E-state index contributed by atoms with van der Waals surface area (Å²) in [6.45, 7) is 5.69. The molecule has 0 bridgehead atoms. The molecule has 5 rings (SSSR count). The number of halogens is 3. The van der Waals surface area contributed by atoms with E-state index in [1.165, 1.54) is 17.4 Å². The molecule has 2 saturated heterocycles. The van der Waals surface area contributed by atoms with E-state index in [2.05, 4.69) is 26.9 Å². The second-order valence-electron chi connectivity index (χ2n) is 8.81.